The zero-order valence-electron chi connectivity index (χ0n) is 16.1. The second-order valence-electron chi connectivity index (χ2n) is 7.10. The number of esters is 1. The van der Waals surface area contributed by atoms with Crippen LogP contribution in [0.4, 0.5) is 0 Å². The summed E-state index contributed by atoms with van der Waals surface area (Å²) in [7, 11) is 1.45. The topological polar surface area (TPSA) is 44.1 Å². The first-order valence-corrected chi connectivity index (χ1v) is 9.46. The molecule has 1 atom stereocenters. The molecule has 4 heteroatoms. The third-order valence-electron chi connectivity index (χ3n) is 5.19. The van der Waals surface area contributed by atoms with Crippen molar-refractivity contribution in [3.8, 4) is 23.1 Å². The molecule has 0 aliphatic carbocycles. The minimum Gasteiger partial charge on any atom is -0.469 e. The molecule has 3 aromatic rings. The van der Waals surface area contributed by atoms with Crippen molar-refractivity contribution in [1.29, 1.82) is 0 Å². The van der Waals surface area contributed by atoms with Gasteiger partial charge in [-0.15, -0.1) is 0 Å². The van der Waals surface area contributed by atoms with Gasteiger partial charge < -0.3 is 9.30 Å². The van der Waals surface area contributed by atoms with Crippen molar-refractivity contribution < 1.29 is 9.53 Å². The quantitative estimate of drug-likeness (QED) is 0.506. The molecular weight excluding hydrogens is 348 g/mol. The normalized spacial score (nSPS) is 15.3. The van der Waals surface area contributed by atoms with Gasteiger partial charge in [-0.3, -0.25) is 4.79 Å². The van der Waals surface area contributed by atoms with Gasteiger partial charge in [0, 0.05) is 35.9 Å². The first kappa shape index (κ1) is 18.1. The van der Waals surface area contributed by atoms with Crippen LogP contribution in [-0.2, 0) is 22.5 Å². The zero-order chi connectivity index (χ0) is 19.5. The minimum absolute atomic E-state index is 0.0846. The highest BCUT2D eigenvalue weighted by Crippen LogP contribution is 2.25. The molecule has 1 aromatic heterocycles. The van der Waals surface area contributed by atoms with Gasteiger partial charge in [0.1, 0.15) is 5.82 Å². The molecule has 0 N–H and O–H groups in total. The summed E-state index contributed by atoms with van der Waals surface area (Å²) in [5.74, 6) is 7.26. The molecule has 140 valence electrons. The Bertz CT molecular complexity index is 1070. The Kier molecular flexibility index (Phi) is 4.99. The summed E-state index contributed by atoms with van der Waals surface area (Å²) in [6.07, 6.45) is 3.61. The Morgan fingerprint density at radius 1 is 1.14 bits per heavy atom. The molecule has 4 rings (SSSR count). The van der Waals surface area contributed by atoms with Gasteiger partial charge in [-0.05, 0) is 37.1 Å². The van der Waals surface area contributed by atoms with Crippen LogP contribution >= 0.6 is 0 Å². The van der Waals surface area contributed by atoms with E-state index in [2.05, 4.69) is 29.4 Å². The number of rotatable bonds is 2. The van der Waals surface area contributed by atoms with E-state index in [9.17, 15) is 4.79 Å². The highest BCUT2D eigenvalue weighted by molar-refractivity contribution is 5.72. The van der Waals surface area contributed by atoms with E-state index in [-0.39, 0.29) is 11.9 Å². The third kappa shape index (κ3) is 3.70. The van der Waals surface area contributed by atoms with E-state index >= 15 is 0 Å². The molecule has 1 aliphatic rings. The largest absolute Gasteiger partial charge is 0.469 e. The number of imidazole rings is 1. The van der Waals surface area contributed by atoms with Crippen molar-refractivity contribution in [2.45, 2.75) is 26.3 Å². The molecule has 2 aromatic carbocycles. The van der Waals surface area contributed by atoms with Gasteiger partial charge in [0.2, 0.25) is 0 Å². The summed E-state index contributed by atoms with van der Waals surface area (Å²) in [4.78, 5) is 16.6. The molecule has 2 heterocycles. The van der Waals surface area contributed by atoms with E-state index in [4.69, 9.17) is 9.72 Å². The number of fused-ring (bicyclic) bond motifs is 1. The van der Waals surface area contributed by atoms with Gasteiger partial charge in [0.25, 0.3) is 0 Å². The lowest BCUT2D eigenvalue weighted by atomic mass is 10.00. The number of ether oxygens (including phenoxy) is 1. The first-order valence-electron chi connectivity index (χ1n) is 9.46. The maximum absolute atomic E-state index is 11.8. The van der Waals surface area contributed by atoms with Crippen LogP contribution in [0.15, 0.2) is 54.7 Å². The van der Waals surface area contributed by atoms with E-state index in [1.165, 1.54) is 12.7 Å². The number of carbonyl (C=O) groups excluding carboxylic acids is 1. The van der Waals surface area contributed by atoms with E-state index < -0.39 is 0 Å². The highest BCUT2D eigenvalue weighted by atomic mass is 16.5. The molecule has 1 aliphatic heterocycles. The summed E-state index contributed by atoms with van der Waals surface area (Å²) in [6.45, 7) is 2.70. The van der Waals surface area contributed by atoms with Crippen molar-refractivity contribution in [1.82, 2.24) is 9.55 Å². The average Bonchev–Trinajstić information content (AvgIpc) is 3.16. The molecule has 0 spiro atoms. The Morgan fingerprint density at radius 2 is 1.93 bits per heavy atom. The van der Waals surface area contributed by atoms with E-state index in [0.717, 1.165) is 41.1 Å². The smallest absolute Gasteiger partial charge is 0.310 e. The Morgan fingerprint density at radius 3 is 2.68 bits per heavy atom. The summed E-state index contributed by atoms with van der Waals surface area (Å²) in [6, 6.07) is 16.3. The molecule has 0 fully saturated rings. The second-order valence-corrected chi connectivity index (χ2v) is 7.10. The second kappa shape index (κ2) is 7.74. The predicted molar refractivity (Wildman–Crippen MR) is 109 cm³/mol. The molecular formula is C24H22N2O2. The Labute approximate surface area is 165 Å². The van der Waals surface area contributed by atoms with Crippen LogP contribution in [0.5, 0.6) is 0 Å². The molecule has 28 heavy (non-hydrogen) atoms. The molecule has 0 radical (unpaired) electrons. The fourth-order valence-electron chi connectivity index (χ4n) is 3.52. The molecule has 0 amide bonds. The molecule has 0 bridgehead atoms. The van der Waals surface area contributed by atoms with Gasteiger partial charge in [-0.25, -0.2) is 4.98 Å². The van der Waals surface area contributed by atoms with Gasteiger partial charge >= 0.3 is 5.97 Å². The number of hydrogen-bond acceptors (Lipinski definition) is 3. The standard InChI is InChI=1S/C24H22N2O2/c1-17-5-3-4-6-19(17)10-7-18-8-11-20(12-9-18)22-16-26-15-21(24(27)28-2)13-14-23(26)25-22/h3-6,8-9,11-12,16,21H,13-15H2,1-2H3. The van der Waals surface area contributed by atoms with Gasteiger partial charge in [0.05, 0.1) is 18.7 Å². The van der Waals surface area contributed by atoms with E-state index in [1.54, 1.807) is 0 Å². The fraction of sp³-hybridized carbons (Fsp3) is 0.250. The van der Waals surface area contributed by atoms with Crippen LogP contribution in [-0.4, -0.2) is 22.6 Å². The number of aryl methyl sites for hydroxylation is 2. The lowest BCUT2D eigenvalue weighted by molar-refractivity contribution is -0.146. The molecule has 1 unspecified atom stereocenters. The maximum Gasteiger partial charge on any atom is 0.310 e. The third-order valence-corrected chi connectivity index (χ3v) is 5.19. The van der Waals surface area contributed by atoms with Crippen molar-refractivity contribution >= 4 is 5.97 Å². The summed E-state index contributed by atoms with van der Waals surface area (Å²) in [5.41, 5.74) is 5.19. The van der Waals surface area contributed by atoms with Crippen LogP contribution in [0.3, 0.4) is 0 Å². The summed E-state index contributed by atoms with van der Waals surface area (Å²) < 4.78 is 6.96. The highest BCUT2D eigenvalue weighted by Gasteiger charge is 2.26. The number of aromatic nitrogens is 2. The SMILES string of the molecule is COC(=O)C1CCc2nc(-c3ccc(C#Cc4ccccc4C)cc3)cn2C1. The van der Waals surface area contributed by atoms with Crippen molar-refractivity contribution in [2.24, 2.45) is 5.92 Å². The molecule has 4 nitrogen and oxygen atoms in total. The first-order chi connectivity index (χ1) is 13.6. The lowest BCUT2D eigenvalue weighted by Crippen LogP contribution is -2.27. The number of hydrogen-bond donors (Lipinski definition) is 0. The lowest BCUT2D eigenvalue weighted by Gasteiger charge is -2.21. The monoisotopic (exact) mass is 370 g/mol. The number of methoxy groups -OCH3 is 1. The predicted octanol–water partition coefficient (Wildman–Crippen LogP) is 3.99. The van der Waals surface area contributed by atoms with Crippen molar-refractivity contribution in [3.63, 3.8) is 0 Å². The molecule has 0 saturated carbocycles. The summed E-state index contributed by atoms with van der Waals surface area (Å²) in [5, 5.41) is 0. The van der Waals surface area contributed by atoms with Gasteiger partial charge in [-0.2, -0.15) is 0 Å². The van der Waals surface area contributed by atoms with Gasteiger partial charge in [-0.1, -0.05) is 42.2 Å². The maximum atomic E-state index is 11.8. The Balaban J connectivity index is 1.52. The van der Waals surface area contributed by atoms with E-state index in [1.807, 2.05) is 48.7 Å². The molecule has 0 saturated heterocycles. The van der Waals surface area contributed by atoms with E-state index in [0.29, 0.717) is 6.54 Å². The van der Waals surface area contributed by atoms with Crippen LogP contribution in [0.2, 0.25) is 0 Å². The van der Waals surface area contributed by atoms with Crippen molar-refractivity contribution in [3.05, 3.63) is 77.2 Å². The fourth-order valence-corrected chi connectivity index (χ4v) is 3.52. The minimum atomic E-state index is -0.141. The zero-order valence-corrected chi connectivity index (χ0v) is 16.1. The van der Waals surface area contributed by atoms with Crippen LogP contribution in [0.1, 0.15) is 28.9 Å². The Hall–Kier alpha value is -3.32. The average molecular weight is 370 g/mol. The van der Waals surface area contributed by atoms with Crippen LogP contribution in [0.25, 0.3) is 11.3 Å². The number of benzene rings is 2. The van der Waals surface area contributed by atoms with Crippen LogP contribution in [0, 0.1) is 24.7 Å². The number of carbonyl (C=O) groups is 1. The van der Waals surface area contributed by atoms with Gasteiger partial charge in [0.15, 0.2) is 0 Å². The van der Waals surface area contributed by atoms with Crippen molar-refractivity contribution in [2.75, 3.05) is 7.11 Å². The van der Waals surface area contributed by atoms with Crippen LogP contribution < -0.4 is 0 Å². The number of nitrogens with zero attached hydrogens (tertiary/aromatic N) is 2. The summed E-state index contributed by atoms with van der Waals surface area (Å²) >= 11 is 0.